The molecule has 0 aliphatic carbocycles. The molecule has 0 aliphatic rings. The average Bonchev–Trinajstić information content (AvgIpc) is 2.41. The van der Waals surface area contributed by atoms with E-state index in [1.54, 1.807) is 18.2 Å². The van der Waals surface area contributed by atoms with Crippen LogP contribution in [-0.2, 0) is 11.3 Å². The zero-order valence-corrected chi connectivity index (χ0v) is 12.7. The summed E-state index contributed by atoms with van der Waals surface area (Å²) in [6.07, 6.45) is 1.42. The first-order chi connectivity index (χ1) is 9.60. The van der Waals surface area contributed by atoms with Crippen LogP contribution in [0.2, 0.25) is 5.02 Å². The molecule has 1 aromatic carbocycles. The van der Waals surface area contributed by atoms with Gasteiger partial charge in [-0.25, -0.2) is 4.79 Å². The third-order valence-corrected chi connectivity index (χ3v) is 3.25. The van der Waals surface area contributed by atoms with Gasteiger partial charge in [0.25, 0.3) is 0 Å². The highest BCUT2D eigenvalue weighted by Crippen LogP contribution is 2.27. The Hall–Kier alpha value is -1.26. The van der Waals surface area contributed by atoms with E-state index in [0.29, 0.717) is 23.7 Å². The lowest BCUT2D eigenvalue weighted by molar-refractivity contribution is -0.145. The van der Waals surface area contributed by atoms with E-state index in [-0.39, 0.29) is 0 Å². The molecule has 0 saturated carbocycles. The maximum Gasteiger partial charge on any atom is 0.344 e. The Balaban J connectivity index is 2.86. The minimum atomic E-state index is -0.945. The third kappa shape index (κ3) is 5.02. The highest BCUT2D eigenvalue weighted by molar-refractivity contribution is 6.31. The molecule has 0 radical (unpaired) electrons. The Morgan fingerprint density at radius 3 is 2.75 bits per heavy atom. The number of benzene rings is 1. The van der Waals surface area contributed by atoms with Crippen LogP contribution in [0.5, 0.6) is 5.75 Å². The molecule has 20 heavy (non-hydrogen) atoms. The number of hydrogen-bond donors (Lipinski definition) is 2. The van der Waals surface area contributed by atoms with E-state index in [1.807, 2.05) is 6.92 Å². The third-order valence-electron chi connectivity index (χ3n) is 2.90. The van der Waals surface area contributed by atoms with Crippen molar-refractivity contribution in [3.05, 3.63) is 28.8 Å². The predicted molar refractivity (Wildman–Crippen MR) is 80.4 cm³/mol. The molecular weight excluding hydrogens is 278 g/mol. The molecule has 0 spiro atoms. The highest BCUT2D eigenvalue weighted by atomic mass is 35.5. The van der Waals surface area contributed by atoms with Crippen LogP contribution in [-0.4, -0.2) is 23.7 Å². The molecule has 2 N–H and O–H groups in total. The van der Waals surface area contributed by atoms with Crippen molar-refractivity contribution >= 4 is 17.6 Å². The Morgan fingerprint density at radius 1 is 1.40 bits per heavy atom. The zero-order chi connectivity index (χ0) is 15.0. The fraction of sp³-hybridized carbons (Fsp3) is 0.533. The van der Waals surface area contributed by atoms with Crippen LogP contribution in [0.15, 0.2) is 18.2 Å². The molecule has 1 rings (SSSR count). The topological polar surface area (TPSA) is 58.6 Å². The number of carbonyl (C=O) groups is 1. The van der Waals surface area contributed by atoms with Gasteiger partial charge in [0.05, 0.1) is 0 Å². The molecule has 0 saturated heterocycles. The van der Waals surface area contributed by atoms with Crippen LogP contribution >= 0.6 is 11.6 Å². The van der Waals surface area contributed by atoms with E-state index < -0.39 is 12.1 Å². The van der Waals surface area contributed by atoms with Gasteiger partial charge in [0.1, 0.15) is 5.75 Å². The number of halogens is 1. The smallest absolute Gasteiger partial charge is 0.344 e. The van der Waals surface area contributed by atoms with E-state index in [9.17, 15) is 4.79 Å². The quantitative estimate of drug-likeness (QED) is 0.686. The first kappa shape index (κ1) is 16.8. The van der Waals surface area contributed by atoms with E-state index in [0.717, 1.165) is 24.9 Å². The molecule has 0 aromatic heterocycles. The number of nitrogens with one attached hydrogen (secondary N) is 1. The summed E-state index contributed by atoms with van der Waals surface area (Å²) in [7, 11) is 0. The number of aliphatic carboxylic acids is 1. The fourth-order valence-corrected chi connectivity index (χ4v) is 2.09. The van der Waals surface area contributed by atoms with Gasteiger partial charge in [-0.1, -0.05) is 37.9 Å². The number of carboxylic acids is 1. The molecule has 0 aliphatic heterocycles. The zero-order valence-electron chi connectivity index (χ0n) is 12.0. The Kier molecular flexibility index (Phi) is 7.41. The van der Waals surface area contributed by atoms with Crippen LogP contribution < -0.4 is 10.1 Å². The predicted octanol–water partition coefficient (Wildman–Crippen LogP) is 3.47. The standard InChI is InChI=1S/C15H22ClNO3/c1-3-6-14(15(18)19)20-13-8-5-7-12(16)11(13)10-17-9-4-2/h5,7-8,14,17H,3-4,6,9-10H2,1-2H3,(H,18,19). The SMILES string of the molecule is CCCNCc1c(Cl)cccc1OC(CCC)C(=O)O. The maximum atomic E-state index is 11.2. The molecule has 1 aromatic rings. The molecule has 112 valence electrons. The lowest BCUT2D eigenvalue weighted by Gasteiger charge is -2.18. The first-order valence-corrected chi connectivity index (χ1v) is 7.35. The van der Waals surface area contributed by atoms with E-state index in [1.165, 1.54) is 0 Å². The highest BCUT2D eigenvalue weighted by Gasteiger charge is 2.20. The lowest BCUT2D eigenvalue weighted by Crippen LogP contribution is -2.27. The van der Waals surface area contributed by atoms with Gasteiger partial charge in [0, 0.05) is 17.1 Å². The van der Waals surface area contributed by atoms with Crippen molar-refractivity contribution in [3.63, 3.8) is 0 Å². The second-order valence-electron chi connectivity index (χ2n) is 4.63. The number of rotatable bonds is 9. The summed E-state index contributed by atoms with van der Waals surface area (Å²) in [5.74, 6) is -0.402. The van der Waals surface area contributed by atoms with Gasteiger partial charge in [0.15, 0.2) is 6.10 Å². The molecule has 5 heteroatoms. The Bertz CT molecular complexity index is 437. The van der Waals surface area contributed by atoms with E-state index >= 15 is 0 Å². The van der Waals surface area contributed by atoms with Gasteiger partial charge < -0.3 is 15.2 Å². The maximum absolute atomic E-state index is 11.2. The second kappa shape index (κ2) is 8.82. The van der Waals surface area contributed by atoms with Crippen molar-refractivity contribution in [3.8, 4) is 5.75 Å². The average molecular weight is 300 g/mol. The van der Waals surface area contributed by atoms with Crippen LogP contribution in [0.3, 0.4) is 0 Å². The summed E-state index contributed by atoms with van der Waals surface area (Å²) < 4.78 is 5.63. The van der Waals surface area contributed by atoms with Crippen molar-refractivity contribution in [2.24, 2.45) is 0 Å². The molecule has 0 bridgehead atoms. The summed E-state index contributed by atoms with van der Waals surface area (Å²) in [5.41, 5.74) is 0.810. The number of ether oxygens (including phenoxy) is 1. The molecule has 0 fully saturated rings. The van der Waals surface area contributed by atoms with Gasteiger partial charge in [-0.2, -0.15) is 0 Å². The van der Waals surface area contributed by atoms with Gasteiger partial charge in [0.2, 0.25) is 0 Å². The molecule has 1 atom stereocenters. The largest absolute Gasteiger partial charge is 0.479 e. The normalized spacial score (nSPS) is 12.2. The van der Waals surface area contributed by atoms with Crippen molar-refractivity contribution in [2.45, 2.75) is 45.8 Å². The van der Waals surface area contributed by atoms with Gasteiger partial charge in [-0.3, -0.25) is 0 Å². The monoisotopic (exact) mass is 299 g/mol. The molecule has 0 heterocycles. The molecule has 1 unspecified atom stereocenters. The van der Waals surface area contributed by atoms with Crippen LogP contribution in [0.4, 0.5) is 0 Å². The molecule has 0 amide bonds. The van der Waals surface area contributed by atoms with E-state index in [2.05, 4.69) is 12.2 Å². The Labute approximate surface area is 125 Å². The van der Waals surface area contributed by atoms with Crippen molar-refractivity contribution in [2.75, 3.05) is 6.54 Å². The second-order valence-corrected chi connectivity index (χ2v) is 5.03. The summed E-state index contributed by atoms with van der Waals surface area (Å²) in [4.78, 5) is 11.2. The van der Waals surface area contributed by atoms with Crippen molar-refractivity contribution < 1.29 is 14.6 Å². The number of carboxylic acid groups (broad SMARTS) is 1. The molecular formula is C15H22ClNO3. The first-order valence-electron chi connectivity index (χ1n) is 6.97. The summed E-state index contributed by atoms with van der Waals surface area (Å²) in [6, 6.07) is 5.32. The minimum Gasteiger partial charge on any atom is -0.479 e. The van der Waals surface area contributed by atoms with Crippen molar-refractivity contribution in [1.29, 1.82) is 0 Å². The minimum absolute atomic E-state index is 0.476. The van der Waals surface area contributed by atoms with Gasteiger partial charge in [-0.05, 0) is 31.5 Å². The van der Waals surface area contributed by atoms with Crippen LogP contribution in [0, 0.1) is 0 Å². The fourth-order valence-electron chi connectivity index (χ4n) is 1.86. The Morgan fingerprint density at radius 2 is 2.15 bits per heavy atom. The summed E-state index contributed by atoms with van der Waals surface area (Å²) in [5, 5.41) is 13.0. The van der Waals surface area contributed by atoms with Crippen LogP contribution in [0.1, 0.15) is 38.7 Å². The summed E-state index contributed by atoms with van der Waals surface area (Å²) in [6.45, 7) is 5.46. The molecule has 4 nitrogen and oxygen atoms in total. The van der Waals surface area contributed by atoms with Gasteiger partial charge >= 0.3 is 5.97 Å². The van der Waals surface area contributed by atoms with Crippen LogP contribution in [0.25, 0.3) is 0 Å². The summed E-state index contributed by atoms with van der Waals surface area (Å²) >= 11 is 6.18. The lowest BCUT2D eigenvalue weighted by atomic mass is 10.1. The van der Waals surface area contributed by atoms with Gasteiger partial charge in [-0.15, -0.1) is 0 Å². The van der Waals surface area contributed by atoms with Crippen molar-refractivity contribution in [1.82, 2.24) is 5.32 Å². The van der Waals surface area contributed by atoms with E-state index in [4.69, 9.17) is 21.4 Å². The number of hydrogen-bond acceptors (Lipinski definition) is 3.